The maximum Gasteiger partial charge on any atom is 0.268 e. The van der Waals surface area contributed by atoms with E-state index in [1.165, 1.54) is 0 Å². The van der Waals surface area contributed by atoms with Crippen molar-refractivity contribution in [1.82, 2.24) is 4.98 Å². The van der Waals surface area contributed by atoms with Gasteiger partial charge in [-0.05, 0) is 23.8 Å². The van der Waals surface area contributed by atoms with E-state index in [-0.39, 0.29) is 29.1 Å². The molecule has 3 aromatic rings. The number of nitrogens with zero attached hydrogens (tertiary/aromatic N) is 3. The van der Waals surface area contributed by atoms with Crippen LogP contribution in [0.2, 0.25) is 0 Å². The number of hydrogen-bond acceptors (Lipinski definition) is 6. The lowest BCUT2D eigenvalue weighted by Crippen LogP contribution is -2.16. The third-order valence-corrected chi connectivity index (χ3v) is 4.14. The topological polar surface area (TPSA) is 139 Å². The van der Waals surface area contributed by atoms with Crippen molar-refractivity contribution in [3.8, 4) is 35.1 Å². The maximum absolute atomic E-state index is 12.0. The number of nitriles is 3. The molecule has 0 aliphatic rings. The van der Waals surface area contributed by atoms with Crippen molar-refractivity contribution in [2.75, 3.05) is 5.73 Å². The van der Waals surface area contributed by atoms with Gasteiger partial charge in [-0.3, -0.25) is 4.79 Å². The SMILES string of the molecule is N#Cc1ccccc1COc1ccc(-c2c(C#N)c(N)[nH]c(=O)c2C#N)cc1. The second kappa shape index (κ2) is 7.78. The number of nitrogens with one attached hydrogen (secondary N) is 1. The molecule has 0 unspecified atom stereocenters. The van der Waals surface area contributed by atoms with Gasteiger partial charge in [-0.1, -0.05) is 30.3 Å². The fourth-order valence-corrected chi connectivity index (χ4v) is 2.77. The number of nitrogens with two attached hydrogens (primary N) is 1. The molecule has 3 rings (SSSR count). The van der Waals surface area contributed by atoms with Gasteiger partial charge in [-0.25, -0.2) is 0 Å². The molecule has 0 aliphatic heterocycles. The number of ether oxygens (including phenoxy) is 1. The van der Waals surface area contributed by atoms with Crippen LogP contribution in [0, 0.1) is 34.0 Å². The first-order chi connectivity index (χ1) is 13.6. The summed E-state index contributed by atoms with van der Waals surface area (Å²) < 4.78 is 5.71. The molecule has 0 atom stereocenters. The van der Waals surface area contributed by atoms with Crippen molar-refractivity contribution >= 4 is 5.82 Å². The van der Waals surface area contributed by atoms with Gasteiger partial charge < -0.3 is 15.5 Å². The maximum atomic E-state index is 12.0. The molecule has 7 nitrogen and oxygen atoms in total. The second-order valence-electron chi connectivity index (χ2n) is 5.80. The first-order valence-electron chi connectivity index (χ1n) is 8.16. The minimum atomic E-state index is -0.651. The molecule has 2 aromatic carbocycles. The van der Waals surface area contributed by atoms with Crippen LogP contribution in [0.3, 0.4) is 0 Å². The summed E-state index contributed by atoms with van der Waals surface area (Å²) in [5, 5.41) is 27.8. The quantitative estimate of drug-likeness (QED) is 0.726. The lowest BCUT2D eigenvalue weighted by atomic mass is 9.96. The van der Waals surface area contributed by atoms with Gasteiger partial charge in [0.05, 0.1) is 11.6 Å². The van der Waals surface area contributed by atoms with Gasteiger partial charge in [0.2, 0.25) is 0 Å². The van der Waals surface area contributed by atoms with Crippen LogP contribution in [0.15, 0.2) is 53.3 Å². The van der Waals surface area contributed by atoms with Gasteiger partial charge in [0.25, 0.3) is 5.56 Å². The van der Waals surface area contributed by atoms with Gasteiger partial charge in [0.15, 0.2) is 0 Å². The molecule has 0 radical (unpaired) electrons. The van der Waals surface area contributed by atoms with E-state index >= 15 is 0 Å². The van der Waals surface area contributed by atoms with Crippen molar-refractivity contribution in [1.29, 1.82) is 15.8 Å². The number of aromatic amines is 1. The molecule has 134 valence electrons. The van der Waals surface area contributed by atoms with Crippen molar-refractivity contribution in [2.24, 2.45) is 0 Å². The summed E-state index contributed by atoms with van der Waals surface area (Å²) in [6.07, 6.45) is 0. The number of anilines is 1. The minimum absolute atomic E-state index is 0.0350. The Hall–Kier alpha value is -4.54. The van der Waals surface area contributed by atoms with Gasteiger partial charge in [-0.2, -0.15) is 15.8 Å². The Labute approximate surface area is 160 Å². The summed E-state index contributed by atoms with van der Waals surface area (Å²) in [6, 6.07) is 19.6. The molecular weight excluding hydrogens is 354 g/mol. The van der Waals surface area contributed by atoms with E-state index in [0.717, 1.165) is 5.56 Å². The van der Waals surface area contributed by atoms with Crippen LogP contribution >= 0.6 is 0 Å². The van der Waals surface area contributed by atoms with Gasteiger partial charge in [-0.15, -0.1) is 0 Å². The zero-order valence-corrected chi connectivity index (χ0v) is 14.6. The lowest BCUT2D eigenvalue weighted by Gasteiger charge is -2.11. The lowest BCUT2D eigenvalue weighted by molar-refractivity contribution is 0.306. The molecule has 0 amide bonds. The monoisotopic (exact) mass is 367 g/mol. The summed E-state index contributed by atoms with van der Waals surface area (Å²) in [4.78, 5) is 14.3. The van der Waals surface area contributed by atoms with E-state index in [9.17, 15) is 15.3 Å². The van der Waals surface area contributed by atoms with Crippen molar-refractivity contribution < 1.29 is 4.74 Å². The Morgan fingerprint density at radius 2 is 1.61 bits per heavy atom. The van der Waals surface area contributed by atoms with Crippen molar-refractivity contribution in [2.45, 2.75) is 6.61 Å². The number of H-pyrrole nitrogens is 1. The van der Waals surface area contributed by atoms with Crippen LogP contribution in [-0.2, 0) is 6.61 Å². The minimum Gasteiger partial charge on any atom is -0.489 e. The summed E-state index contributed by atoms with van der Waals surface area (Å²) in [7, 11) is 0. The third kappa shape index (κ3) is 3.39. The largest absolute Gasteiger partial charge is 0.489 e. The first-order valence-corrected chi connectivity index (χ1v) is 8.16. The summed E-state index contributed by atoms with van der Waals surface area (Å²) in [6.45, 7) is 0.216. The molecule has 28 heavy (non-hydrogen) atoms. The standard InChI is InChI=1S/C21H13N5O2/c22-9-14-3-1-2-4-15(14)12-28-16-7-5-13(6-8-16)19-17(10-23)20(25)26-21(27)18(19)11-24/h1-8H,12H2,(H3,25,26,27). The molecule has 0 saturated heterocycles. The summed E-state index contributed by atoms with van der Waals surface area (Å²) in [5.74, 6) is 0.446. The van der Waals surface area contributed by atoms with E-state index in [1.807, 2.05) is 24.3 Å². The second-order valence-corrected chi connectivity index (χ2v) is 5.80. The molecule has 1 heterocycles. The highest BCUT2D eigenvalue weighted by Crippen LogP contribution is 2.29. The Morgan fingerprint density at radius 1 is 0.929 bits per heavy atom. The number of aromatic nitrogens is 1. The number of pyridine rings is 1. The molecule has 0 spiro atoms. The number of benzene rings is 2. The predicted octanol–water partition coefficient (Wildman–Crippen LogP) is 2.82. The van der Waals surface area contributed by atoms with Crippen molar-refractivity contribution in [3.63, 3.8) is 0 Å². The highest BCUT2D eigenvalue weighted by molar-refractivity contribution is 5.80. The molecule has 1 aromatic heterocycles. The summed E-state index contributed by atoms with van der Waals surface area (Å²) >= 11 is 0. The van der Waals surface area contributed by atoms with Crippen LogP contribution in [0.5, 0.6) is 5.75 Å². The molecule has 7 heteroatoms. The van der Waals surface area contributed by atoms with Gasteiger partial charge in [0.1, 0.15) is 41.4 Å². The zero-order valence-electron chi connectivity index (χ0n) is 14.6. The molecule has 0 saturated carbocycles. The van der Waals surface area contributed by atoms with Gasteiger partial charge in [0, 0.05) is 11.1 Å². The Balaban J connectivity index is 1.92. The predicted molar refractivity (Wildman–Crippen MR) is 102 cm³/mol. The van der Waals surface area contributed by atoms with E-state index in [0.29, 0.717) is 16.9 Å². The Morgan fingerprint density at radius 3 is 2.25 bits per heavy atom. The van der Waals surface area contributed by atoms with E-state index in [4.69, 9.17) is 15.7 Å². The molecular formula is C21H13N5O2. The van der Waals surface area contributed by atoms with Crippen LogP contribution in [0.25, 0.3) is 11.1 Å². The zero-order chi connectivity index (χ0) is 20.1. The summed E-state index contributed by atoms with van der Waals surface area (Å²) in [5.41, 5.74) is 6.91. The smallest absolute Gasteiger partial charge is 0.268 e. The number of hydrogen-bond donors (Lipinski definition) is 2. The van der Waals surface area contributed by atoms with E-state index in [2.05, 4.69) is 11.1 Å². The highest BCUT2D eigenvalue weighted by Gasteiger charge is 2.18. The van der Waals surface area contributed by atoms with E-state index < -0.39 is 5.56 Å². The molecule has 0 fully saturated rings. The first kappa shape index (κ1) is 18.3. The van der Waals surface area contributed by atoms with Crippen LogP contribution in [-0.4, -0.2) is 4.98 Å². The Bertz CT molecular complexity index is 1220. The number of nitrogen functional groups attached to an aromatic ring is 1. The molecule has 0 aliphatic carbocycles. The van der Waals surface area contributed by atoms with Crippen LogP contribution < -0.4 is 16.0 Å². The number of rotatable bonds is 4. The third-order valence-electron chi connectivity index (χ3n) is 4.14. The normalized spacial score (nSPS) is 9.75. The fraction of sp³-hybridized carbons (Fsp3) is 0.0476. The average molecular weight is 367 g/mol. The van der Waals surface area contributed by atoms with Crippen molar-refractivity contribution in [3.05, 3.63) is 81.1 Å². The van der Waals surface area contributed by atoms with Gasteiger partial charge >= 0.3 is 0 Å². The average Bonchev–Trinajstić information content (AvgIpc) is 2.72. The van der Waals surface area contributed by atoms with E-state index in [1.54, 1.807) is 36.4 Å². The fourth-order valence-electron chi connectivity index (χ4n) is 2.77. The van der Waals surface area contributed by atoms with Crippen LogP contribution in [0.1, 0.15) is 22.3 Å². The Kier molecular flexibility index (Phi) is 5.07. The molecule has 3 N–H and O–H groups in total. The highest BCUT2D eigenvalue weighted by atomic mass is 16.5. The van der Waals surface area contributed by atoms with Crippen LogP contribution in [0.4, 0.5) is 5.82 Å². The molecule has 0 bridgehead atoms.